The number of carbonyl (C=O) groups is 1. The van der Waals surface area contributed by atoms with Crippen LogP contribution in [0.1, 0.15) is 29.5 Å². The number of rotatable bonds is 8. The second-order valence-electron chi connectivity index (χ2n) is 9.81. The average molecular weight is 536 g/mol. The van der Waals surface area contributed by atoms with Crippen LogP contribution in [0.4, 0.5) is 5.69 Å². The Morgan fingerprint density at radius 2 is 1.68 bits per heavy atom. The van der Waals surface area contributed by atoms with Crippen LogP contribution in [-0.4, -0.2) is 52.1 Å². The van der Waals surface area contributed by atoms with Crippen LogP contribution >= 0.6 is 0 Å². The van der Waals surface area contributed by atoms with Crippen LogP contribution in [0, 0.1) is 6.92 Å². The number of nitrogens with zero attached hydrogens (tertiary/aromatic N) is 2. The molecular formula is C29H33N3O5S. The first-order valence-electron chi connectivity index (χ1n) is 12.9. The Morgan fingerprint density at radius 1 is 1.00 bits per heavy atom. The van der Waals surface area contributed by atoms with E-state index in [1.54, 1.807) is 24.3 Å². The molecule has 38 heavy (non-hydrogen) atoms. The molecule has 0 aliphatic carbocycles. The zero-order chi connectivity index (χ0) is 26.7. The third-order valence-electron chi connectivity index (χ3n) is 7.02. The molecule has 200 valence electrons. The fourth-order valence-electron chi connectivity index (χ4n) is 4.86. The van der Waals surface area contributed by atoms with Crippen molar-refractivity contribution in [2.24, 2.45) is 0 Å². The van der Waals surface area contributed by atoms with Crippen molar-refractivity contribution in [1.82, 2.24) is 10.2 Å². The second-order valence-corrected chi connectivity index (χ2v) is 11.7. The first-order chi connectivity index (χ1) is 18.3. The fraction of sp³-hybridized carbons (Fsp3) is 0.345. The molecular weight excluding hydrogens is 502 g/mol. The summed E-state index contributed by atoms with van der Waals surface area (Å²) in [5, 5.41) is 2.92. The topological polar surface area (TPSA) is 88.2 Å². The van der Waals surface area contributed by atoms with E-state index in [4.69, 9.17) is 9.47 Å². The molecule has 1 N–H and O–H groups in total. The Morgan fingerprint density at radius 3 is 2.37 bits per heavy atom. The summed E-state index contributed by atoms with van der Waals surface area (Å²) in [5.41, 5.74) is 3.53. The Balaban J connectivity index is 1.30. The molecule has 3 aromatic rings. The number of nitrogens with one attached hydrogen (secondary N) is 1. The second kappa shape index (κ2) is 11.0. The van der Waals surface area contributed by atoms with Crippen molar-refractivity contribution in [2.75, 3.05) is 31.0 Å². The van der Waals surface area contributed by atoms with Gasteiger partial charge < -0.3 is 14.8 Å². The quantitative estimate of drug-likeness (QED) is 0.471. The third kappa shape index (κ3) is 5.63. The number of fused-ring (bicyclic) bond motifs is 1. The van der Waals surface area contributed by atoms with Gasteiger partial charge in [-0.15, -0.1) is 0 Å². The van der Waals surface area contributed by atoms with Gasteiger partial charge in [0.05, 0.1) is 24.2 Å². The van der Waals surface area contributed by atoms with Crippen LogP contribution in [0.5, 0.6) is 11.5 Å². The van der Waals surface area contributed by atoms with Crippen molar-refractivity contribution in [3.05, 3.63) is 83.4 Å². The smallest absolute Gasteiger partial charge is 0.264 e. The molecule has 9 heteroatoms. The van der Waals surface area contributed by atoms with E-state index in [9.17, 15) is 13.2 Å². The summed E-state index contributed by atoms with van der Waals surface area (Å²) in [7, 11) is -2.43. The molecule has 1 amide bonds. The predicted molar refractivity (Wildman–Crippen MR) is 146 cm³/mol. The molecule has 2 heterocycles. The van der Waals surface area contributed by atoms with E-state index in [1.165, 1.54) is 42.0 Å². The number of hydrogen-bond acceptors (Lipinski definition) is 6. The van der Waals surface area contributed by atoms with Gasteiger partial charge in [-0.05, 0) is 85.9 Å². The summed E-state index contributed by atoms with van der Waals surface area (Å²) in [6.07, 6.45) is 1.53. The molecule has 3 aromatic carbocycles. The van der Waals surface area contributed by atoms with Crippen LogP contribution in [0.3, 0.4) is 0 Å². The van der Waals surface area contributed by atoms with Gasteiger partial charge in [0, 0.05) is 13.1 Å². The summed E-state index contributed by atoms with van der Waals surface area (Å²) in [6, 6.07) is 19.7. The molecule has 2 aliphatic rings. The minimum Gasteiger partial charge on any atom is -0.497 e. The lowest BCUT2D eigenvalue weighted by Crippen LogP contribution is -2.50. The number of aryl methyl sites for hydroxylation is 1. The number of ether oxygens (including phenoxy) is 2. The highest BCUT2D eigenvalue weighted by Crippen LogP contribution is 2.38. The van der Waals surface area contributed by atoms with Crippen molar-refractivity contribution in [1.29, 1.82) is 0 Å². The van der Waals surface area contributed by atoms with Crippen molar-refractivity contribution in [3.63, 3.8) is 0 Å². The highest BCUT2D eigenvalue weighted by Gasteiger charge is 2.37. The molecule has 1 atom stereocenters. The number of sulfonamides is 1. The number of amides is 1. The zero-order valence-corrected chi connectivity index (χ0v) is 22.5. The molecule has 0 aromatic heterocycles. The minimum atomic E-state index is -3.95. The molecule has 5 rings (SSSR count). The Kier molecular flexibility index (Phi) is 7.58. The van der Waals surface area contributed by atoms with Crippen LogP contribution in [0.25, 0.3) is 0 Å². The van der Waals surface area contributed by atoms with Gasteiger partial charge in [0.1, 0.15) is 11.5 Å². The van der Waals surface area contributed by atoms with Gasteiger partial charge in [0.25, 0.3) is 15.9 Å². The lowest BCUT2D eigenvalue weighted by Gasteiger charge is -2.35. The van der Waals surface area contributed by atoms with E-state index in [0.29, 0.717) is 23.7 Å². The molecule has 1 unspecified atom stereocenters. The van der Waals surface area contributed by atoms with Crippen molar-refractivity contribution < 1.29 is 22.7 Å². The maximum atomic E-state index is 13.7. The van der Waals surface area contributed by atoms with E-state index < -0.39 is 16.1 Å². The van der Waals surface area contributed by atoms with E-state index >= 15 is 0 Å². The van der Waals surface area contributed by atoms with Gasteiger partial charge in [-0.3, -0.25) is 14.0 Å². The molecule has 8 nitrogen and oxygen atoms in total. The van der Waals surface area contributed by atoms with Gasteiger partial charge in [0.2, 0.25) is 0 Å². The van der Waals surface area contributed by atoms with Crippen molar-refractivity contribution in [2.45, 2.75) is 43.9 Å². The summed E-state index contributed by atoms with van der Waals surface area (Å²) in [5.74, 6) is 0.543. The van der Waals surface area contributed by atoms with Crippen LogP contribution in [0.2, 0.25) is 0 Å². The zero-order valence-electron chi connectivity index (χ0n) is 21.7. The van der Waals surface area contributed by atoms with Crippen molar-refractivity contribution in [3.8, 4) is 11.5 Å². The van der Waals surface area contributed by atoms with Gasteiger partial charge in [-0.1, -0.05) is 30.3 Å². The summed E-state index contributed by atoms with van der Waals surface area (Å²) < 4.78 is 39.7. The van der Waals surface area contributed by atoms with Crippen LogP contribution in [0.15, 0.2) is 71.6 Å². The summed E-state index contributed by atoms with van der Waals surface area (Å²) >= 11 is 0. The monoisotopic (exact) mass is 535 g/mol. The Hall–Kier alpha value is -3.56. The summed E-state index contributed by atoms with van der Waals surface area (Å²) in [6.45, 7) is 5.31. The highest BCUT2D eigenvalue weighted by atomic mass is 32.2. The average Bonchev–Trinajstić information content (AvgIpc) is 3.45. The third-order valence-corrected chi connectivity index (χ3v) is 8.81. The molecule has 2 aliphatic heterocycles. The first-order valence-corrected chi connectivity index (χ1v) is 14.3. The first kappa shape index (κ1) is 26.1. The van der Waals surface area contributed by atoms with Gasteiger partial charge in [0.15, 0.2) is 6.10 Å². The number of carbonyl (C=O) groups excluding carboxylic acids is 1. The van der Waals surface area contributed by atoms with Gasteiger partial charge in [-0.2, -0.15) is 0 Å². The number of hydrogen-bond donors (Lipinski definition) is 1. The minimum absolute atomic E-state index is 0.112. The lowest BCUT2D eigenvalue weighted by atomic mass is 10.1. The fourth-order valence-corrected chi connectivity index (χ4v) is 6.33. The number of likely N-dealkylation sites (tertiary alicyclic amines) is 1. The van der Waals surface area contributed by atoms with Crippen LogP contribution in [-0.2, 0) is 27.9 Å². The number of methoxy groups -OCH3 is 1. The largest absolute Gasteiger partial charge is 0.497 e. The Bertz CT molecular complexity index is 1380. The lowest BCUT2D eigenvalue weighted by molar-refractivity contribution is -0.127. The van der Waals surface area contributed by atoms with E-state index in [-0.39, 0.29) is 17.3 Å². The van der Waals surface area contributed by atoms with E-state index in [0.717, 1.165) is 30.8 Å². The standard InChI is InChI=1S/C29H33N3O5S/c1-21-5-14-27-26(17-21)32(38(34,35)25-12-10-24(36-2)11-13-25)20-28(37-27)29(33)30-18-22-6-8-23(9-7-22)19-31-15-3-4-16-31/h5-14,17,28H,3-4,15-16,18-20H2,1-2H3,(H,30,33). The molecule has 0 spiro atoms. The maximum Gasteiger partial charge on any atom is 0.264 e. The van der Waals surface area contributed by atoms with Crippen molar-refractivity contribution >= 4 is 21.6 Å². The number of anilines is 1. The number of benzene rings is 3. The van der Waals surface area contributed by atoms with Gasteiger partial charge in [-0.25, -0.2) is 8.42 Å². The molecule has 0 saturated carbocycles. The highest BCUT2D eigenvalue weighted by molar-refractivity contribution is 7.92. The Labute approximate surface area is 224 Å². The maximum absolute atomic E-state index is 13.7. The molecule has 1 saturated heterocycles. The molecule has 0 bridgehead atoms. The van der Waals surface area contributed by atoms with E-state index in [2.05, 4.69) is 22.3 Å². The predicted octanol–water partition coefficient (Wildman–Crippen LogP) is 3.87. The SMILES string of the molecule is COc1ccc(S(=O)(=O)N2CC(C(=O)NCc3ccc(CN4CCCC4)cc3)Oc3ccc(C)cc32)cc1. The van der Waals surface area contributed by atoms with Crippen LogP contribution < -0.4 is 19.1 Å². The van der Waals surface area contributed by atoms with E-state index in [1.807, 2.05) is 25.1 Å². The van der Waals surface area contributed by atoms with Gasteiger partial charge >= 0.3 is 0 Å². The molecule has 1 fully saturated rings. The normalized spacial score (nSPS) is 17.5. The summed E-state index contributed by atoms with van der Waals surface area (Å²) in [4.78, 5) is 15.7. The molecule has 0 radical (unpaired) electrons.